The Kier molecular flexibility index (Phi) is 7.04. The molecule has 0 atom stereocenters. The van der Waals surface area contributed by atoms with Crippen molar-refractivity contribution >= 4 is 46.5 Å². The number of hydrogen-bond acceptors (Lipinski definition) is 8. The van der Waals surface area contributed by atoms with Gasteiger partial charge in [0.05, 0.1) is 17.6 Å². The Morgan fingerprint density at radius 3 is 2.50 bits per heavy atom. The molecule has 0 spiro atoms. The number of imidazole rings is 1. The van der Waals surface area contributed by atoms with Crippen LogP contribution in [-0.2, 0) is 14.1 Å². The van der Waals surface area contributed by atoms with Crippen LogP contribution in [-0.4, -0.2) is 26.6 Å². The van der Waals surface area contributed by atoms with E-state index >= 15 is 0 Å². The Morgan fingerprint density at radius 2 is 1.82 bits per heavy atom. The molecule has 10 heteroatoms. The third kappa shape index (κ3) is 5.33. The molecule has 0 radical (unpaired) electrons. The van der Waals surface area contributed by atoms with E-state index < -0.39 is 0 Å². The number of rotatable bonds is 8. The molecule has 0 unspecified atom stereocenters. The molecular weight excluding hydrogens is 456 g/mol. The molecule has 1 amide bonds. The molecule has 4 N–H and O–H groups in total. The molecular formula is C24H20N4O5S. The van der Waals surface area contributed by atoms with E-state index in [4.69, 9.17) is 5.90 Å². The molecule has 0 aliphatic heterocycles. The van der Waals surface area contributed by atoms with Crippen molar-refractivity contribution in [2.45, 2.75) is 11.8 Å². The summed E-state index contributed by atoms with van der Waals surface area (Å²) in [5, 5.41) is 13.4. The highest BCUT2D eigenvalue weighted by Gasteiger charge is 2.13. The summed E-state index contributed by atoms with van der Waals surface area (Å²) in [6.07, 6.45) is 3.08. The first-order valence-electron chi connectivity index (χ1n) is 10.1. The zero-order chi connectivity index (χ0) is 24.1. The Morgan fingerprint density at radius 1 is 1.09 bits per heavy atom. The first-order valence-corrected chi connectivity index (χ1v) is 10.8. The largest absolute Gasteiger partial charge is 0.426 e. The number of amides is 1. The molecule has 0 saturated heterocycles. The lowest BCUT2D eigenvalue weighted by molar-refractivity contribution is -0.195. The van der Waals surface area contributed by atoms with Gasteiger partial charge in [0.1, 0.15) is 5.52 Å². The maximum Gasteiger partial charge on any atom is 0.248 e. The van der Waals surface area contributed by atoms with Gasteiger partial charge < -0.3 is 10.5 Å². The van der Waals surface area contributed by atoms with Gasteiger partial charge in [-0.25, -0.2) is 4.98 Å². The summed E-state index contributed by atoms with van der Waals surface area (Å²) >= 11 is 0.902. The van der Waals surface area contributed by atoms with Gasteiger partial charge in [0.15, 0.2) is 11.6 Å². The van der Waals surface area contributed by atoms with Crippen LogP contribution in [0.1, 0.15) is 22.8 Å². The number of hydrogen-bond donors (Lipinski definition) is 3. The van der Waals surface area contributed by atoms with E-state index in [1.165, 1.54) is 13.0 Å². The summed E-state index contributed by atoms with van der Waals surface area (Å²) in [4.78, 5) is 32.8. The van der Waals surface area contributed by atoms with Crippen LogP contribution in [0, 0.1) is 0 Å². The second kappa shape index (κ2) is 10.3. The van der Waals surface area contributed by atoms with E-state index in [1.54, 1.807) is 72.8 Å². The Balaban J connectivity index is 1.44. The van der Waals surface area contributed by atoms with Gasteiger partial charge in [-0.1, -0.05) is 24.3 Å². The topological polar surface area (TPSA) is 129 Å². The summed E-state index contributed by atoms with van der Waals surface area (Å²) in [5.41, 5.74) is 3.75. The summed E-state index contributed by atoms with van der Waals surface area (Å²) in [6, 6.07) is 19.1. The maximum atomic E-state index is 12.3. The monoisotopic (exact) mass is 476 g/mol. The molecule has 0 aliphatic rings. The number of nitrogens with two attached hydrogens (primary N) is 1. The number of nitrogens with one attached hydrogen (secondary N) is 1. The minimum absolute atomic E-state index is 0.00977. The number of nitrogens with zero attached hydrogens (tertiary/aromatic N) is 2. The van der Waals surface area contributed by atoms with Crippen molar-refractivity contribution in [3.8, 4) is 11.4 Å². The van der Waals surface area contributed by atoms with E-state index in [-0.39, 0.29) is 11.7 Å². The Labute approximate surface area is 198 Å². The lowest BCUT2D eigenvalue weighted by Crippen LogP contribution is -2.07. The van der Waals surface area contributed by atoms with Gasteiger partial charge >= 0.3 is 0 Å². The average Bonchev–Trinajstić information content (AvgIpc) is 3.18. The fourth-order valence-electron chi connectivity index (χ4n) is 3.23. The number of anilines is 1. The number of carbonyl (C=O) groups is 2. The van der Waals surface area contributed by atoms with Crippen molar-refractivity contribution in [2.75, 3.05) is 5.32 Å². The van der Waals surface area contributed by atoms with Gasteiger partial charge in [-0.2, -0.15) is 10.6 Å². The molecule has 0 bridgehead atoms. The summed E-state index contributed by atoms with van der Waals surface area (Å²) in [5.74, 6) is 4.89. The van der Waals surface area contributed by atoms with E-state index in [2.05, 4.69) is 19.6 Å². The van der Waals surface area contributed by atoms with Gasteiger partial charge in [-0.3, -0.25) is 9.59 Å². The van der Waals surface area contributed by atoms with E-state index in [1.807, 2.05) is 0 Å². The molecule has 0 aliphatic carbocycles. The first kappa shape index (κ1) is 23.2. The third-order valence-corrected chi connectivity index (χ3v) is 5.52. The highest BCUT2D eigenvalue weighted by atomic mass is 32.2. The fourth-order valence-corrected chi connectivity index (χ4v) is 3.63. The zero-order valence-corrected chi connectivity index (χ0v) is 18.8. The molecule has 0 saturated carbocycles. The smallest absolute Gasteiger partial charge is 0.248 e. The lowest BCUT2D eigenvalue weighted by atomic mass is 10.1. The molecule has 9 nitrogen and oxygen atoms in total. The zero-order valence-electron chi connectivity index (χ0n) is 18.0. The van der Waals surface area contributed by atoms with Crippen molar-refractivity contribution < 1.29 is 24.1 Å². The van der Waals surface area contributed by atoms with E-state index in [9.17, 15) is 14.8 Å². The first-order chi connectivity index (χ1) is 16.4. The van der Waals surface area contributed by atoms with Gasteiger partial charge in [-0.05, 0) is 61.0 Å². The minimum Gasteiger partial charge on any atom is -0.426 e. The van der Waals surface area contributed by atoms with Crippen LogP contribution in [0.15, 0.2) is 77.7 Å². The summed E-state index contributed by atoms with van der Waals surface area (Å²) in [7, 11) is 0. The van der Waals surface area contributed by atoms with Crippen molar-refractivity contribution in [2.24, 2.45) is 5.90 Å². The van der Waals surface area contributed by atoms with Crippen LogP contribution in [0.2, 0.25) is 0 Å². The van der Waals surface area contributed by atoms with Crippen molar-refractivity contribution in [3.05, 3.63) is 83.9 Å². The van der Waals surface area contributed by atoms with Crippen LogP contribution >= 0.6 is 12.0 Å². The second-order valence-corrected chi connectivity index (χ2v) is 8.00. The molecule has 1 heterocycles. The van der Waals surface area contributed by atoms with Gasteiger partial charge in [0.2, 0.25) is 5.91 Å². The Hall–Kier alpha value is -3.96. The highest BCUT2D eigenvalue weighted by Crippen LogP contribution is 2.28. The quantitative estimate of drug-likeness (QED) is 0.0839. The predicted molar refractivity (Wildman–Crippen MR) is 129 cm³/mol. The lowest BCUT2D eigenvalue weighted by Gasteiger charge is -2.05. The molecule has 4 aromatic rings. The van der Waals surface area contributed by atoms with Crippen molar-refractivity contribution in [3.63, 3.8) is 0 Å². The normalized spacial score (nSPS) is 11.2. The third-order valence-electron chi connectivity index (χ3n) is 4.93. The molecule has 3 aromatic carbocycles. The number of fused-ring (bicyclic) bond motifs is 1. The van der Waals surface area contributed by atoms with Crippen LogP contribution < -0.4 is 11.2 Å². The SMILES string of the molecule is CC(=O)c1ccc(/C=C/C(=O)Nc2ccc(-c3nc4ccc(SOON)cc4n3O)cc2)cc1. The number of aromatic nitrogens is 2. The van der Waals surface area contributed by atoms with Gasteiger partial charge in [0, 0.05) is 27.8 Å². The fraction of sp³-hybridized carbons (Fsp3) is 0.0417. The Bertz CT molecular complexity index is 1360. The summed E-state index contributed by atoms with van der Waals surface area (Å²) < 4.78 is 5.61. The average molecular weight is 477 g/mol. The number of ketones is 1. The van der Waals surface area contributed by atoms with E-state index in [0.717, 1.165) is 22.3 Å². The molecule has 1 aromatic heterocycles. The van der Waals surface area contributed by atoms with Crippen LogP contribution in [0.4, 0.5) is 5.69 Å². The highest BCUT2D eigenvalue weighted by molar-refractivity contribution is 7.94. The maximum absolute atomic E-state index is 12.3. The molecule has 34 heavy (non-hydrogen) atoms. The van der Waals surface area contributed by atoms with Crippen LogP contribution in [0.25, 0.3) is 28.5 Å². The predicted octanol–water partition coefficient (Wildman–Crippen LogP) is 4.62. The number of carbonyl (C=O) groups excluding carboxylic acids is 2. The van der Waals surface area contributed by atoms with Gasteiger partial charge in [-0.15, -0.1) is 9.32 Å². The van der Waals surface area contributed by atoms with Crippen LogP contribution in [0.3, 0.4) is 0 Å². The second-order valence-electron chi connectivity index (χ2n) is 7.22. The minimum atomic E-state index is -0.300. The van der Waals surface area contributed by atoms with Crippen molar-refractivity contribution in [1.82, 2.24) is 9.71 Å². The van der Waals surface area contributed by atoms with Gasteiger partial charge in [0.25, 0.3) is 0 Å². The standard InChI is InChI=1S/C24H20N4O5S/c1-15(29)17-5-2-16(3-6-17)4-13-23(30)26-19-9-7-18(8-10-19)24-27-21-12-11-20(34-33-32-25)14-22(21)28(24)31/h2-14,31H,25H2,1H3,(H,26,30)/b13-4+. The van der Waals surface area contributed by atoms with E-state index in [0.29, 0.717) is 38.6 Å². The molecule has 172 valence electrons. The van der Waals surface area contributed by atoms with Crippen molar-refractivity contribution in [1.29, 1.82) is 0 Å². The summed E-state index contributed by atoms with van der Waals surface area (Å²) in [6.45, 7) is 1.50. The molecule has 0 fully saturated rings. The van der Waals surface area contributed by atoms with Crippen LogP contribution in [0.5, 0.6) is 0 Å². The number of Topliss-reactive ketones (excluding diaryl/α,β-unsaturated/α-hetero) is 1. The number of benzene rings is 3. The molecule has 4 rings (SSSR count).